The van der Waals surface area contributed by atoms with Crippen LogP contribution in [-0.2, 0) is 4.74 Å². The van der Waals surface area contributed by atoms with Gasteiger partial charge in [0.15, 0.2) is 0 Å². The number of benzene rings is 1. The van der Waals surface area contributed by atoms with Gasteiger partial charge in [-0.15, -0.1) is 0 Å². The number of nitrogens with zero attached hydrogens (tertiary/aromatic N) is 3. The molecule has 2 aromatic rings. The largest absolute Gasteiger partial charge is 0.384 e. The summed E-state index contributed by atoms with van der Waals surface area (Å²) in [5, 5.41) is 1.06. The Bertz CT molecular complexity index is 587. The number of hydrogen-bond donors (Lipinski definition) is 1. The summed E-state index contributed by atoms with van der Waals surface area (Å²) in [6.07, 6.45) is 1.13. The molecule has 1 saturated heterocycles. The van der Waals surface area contributed by atoms with Crippen LogP contribution in [0.4, 0.5) is 11.8 Å². The Morgan fingerprint density at radius 1 is 1.37 bits per heavy atom. The summed E-state index contributed by atoms with van der Waals surface area (Å²) >= 11 is 0. The highest BCUT2D eigenvalue weighted by molar-refractivity contribution is 5.90. The van der Waals surface area contributed by atoms with Gasteiger partial charge in [0.25, 0.3) is 0 Å². The van der Waals surface area contributed by atoms with Gasteiger partial charge in [0.05, 0.1) is 12.1 Å². The summed E-state index contributed by atoms with van der Waals surface area (Å²) in [6, 6.07) is 8.00. The maximum absolute atomic E-state index is 5.81. The monoisotopic (exact) mass is 258 g/mol. The molecule has 1 aliphatic rings. The van der Waals surface area contributed by atoms with Gasteiger partial charge in [-0.05, 0) is 18.6 Å². The van der Waals surface area contributed by atoms with Crippen molar-refractivity contribution in [1.82, 2.24) is 9.97 Å². The van der Waals surface area contributed by atoms with Crippen LogP contribution in [0.15, 0.2) is 24.3 Å². The number of para-hydroxylation sites is 1. The molecule has 1 fully saturated rings. The Morgan fingerprint density at radius 2 is 2.21 bits per heavy atom. The van der Waals surface area contributed by atoms with Crippen molar-refractivity contribution >= 4 is 22.7 Å². The Balaban J connectivity index is 1.96. The summed E-state index contributed by atoms with van der Waals surface area (Å²) in [5.74, 6) is 1.85. The smallest absolute Gasteiger partial charge is 0.222 e. The average Bonchev–Trinajstić information content (AvgIpc) is 2.86. The topological polar surface area (TPSA) is 64.3 Å². The number of nitrogens with two attached hydrogens (primary N) is 1. The molecule has 100 valence electrons. The van der Waals surface area contributed by atoms with Crippen molar-refractivity contribution in [1.29, 1.82) is 0 Å². The maximum atomic E-state index is 5.81. The molecule has 1 aliphatic heterocycles. The predicted molar refractivity (Wildman–Crippen MR) is 76.1 cm³/mol. The molecular formula is C14H18N4O. The van der Waals surface area contributed by atoms with Gasteiger partial charge < -0.3 is 15.4 Å². The molecule has 1 aromatic heterocycles. The molecule has 19 heavy (non-hydrogen) atoms. The first-order valence-electron chi connectivity index (χ1n) is 6.54. The first-order valence-corrected chi connectivity index (χ1v) is 6.54. The fourth-order valence-corrected chi connectivity index (χ4v) is 2.72. The molecular weight excluding hydrogens is 240 g/mol. The standard InChI is InChI=1S/C14H18N4O/c1-19-9-10-6-7-18(8-10)13-11-4-2-3-5-12(11)16-14(15)17-13/h2-5,10H,6-9H2,1H3,(H2,15,16,17). The number of hydrogen-bond acceptors (Lipinski definition) is 5. The van der Waals surface area contributed by atoms with Gasteiger partial charge in [0.1, 0.15) is 5.82 Å². The molecule has 0 amide bonds. The Kier molecular flexibility index (Phi) is 3.21. The molecule has 2 heterocycles. The number of nitrogen functional groups attached to an aromatic ring is 1. The maximum Gasteiger partial charge on any atom is 0.222 e. The summed E-state index contributed by atoms with van der Waals surface area (Å²) in [6.45, 7) is 2.76. The van der Waals surface area contributed by atoms with Crippen LogP contribution in [0.25, 0.3) is 10.9 Å². The van der Waals surface area contributed by atoms with Gasteiger partial charge in [-0.25, -0.2) is 4.98 Å². The van der Waals surface area contributed by atoms with Gasteiger partial charge in [-0.1, -0.05) is 12.1 Å². The molecule has 0 aliphatic carbocycles. The lowest BCUT2D eigenvalue weighted by atomic mass is 10.1. The zero-order valence-electron chi connectivity index (χ0n) is 11.0. The van der Waals surface area contributed by atoms with E-state index in [1.54, 1.807) is 7.11 Å². The van der Waals surface area contributed by atoms with Gasteiger partial charge in [-0.3, -0.25) is 0 Å². The van der Waals surface area contributed by atoms with E-state index in [2.05, 4.69) is 14.9 Å². The predicted octanol–water partition coefficient (Wildman–Crippen LogP) is 1.68. The van der Waals surface area contributed by atoms with Crippen molar-refractivity contribution in [3.8, 4) is 0 Å². The molecule has 5 heteroatoms. The van der Waals surface area contributed by atoms with E-state index in [0.29, 0.717) is 11.9 Å². The minimum absolute atomic E-state index is 0.337. The van der Waals surface area contributed by atoms with Crippen LogP contribution in [0.5, 0.6) is 0 Å². The molecule has 0 spiro atoms. The lowest BCUT2D eigenvalue weighted by Crippen LogP contribution is -2.23. The quantitative estimate of drug-likeness (QED) is 0.907. The van der Waals surface area contributed by atoms with Gasteiger partial charge >= 0.3 is 0 Å². The number of methoxy groups -OCH3 is 1. The first kappa shape index (κ1) is 12.2. The van der Waals surface area contributed by atoms with E-state index in [0.717, 1.165) is 42.8 Å². The van der Waals surface area contributed by atoms with E-state index in [1.807, 2.05) is 24.3 Å². The Labute approximate surface area is 112 Å². The second-order valence-corrected chi connectivity index (χ2v) is 4.98. The second kappa shape index (κ2) is 5.01. The summed E-state index contributed by atoms with van der Waals surface area (Å²) < 4.78 is 5.24. The molecule has 1 aromatic carbocycles. The van der Waals surface area contributed by atoms with Crippen LogP contribution in [0.1, 0.15) is 6.42 Å². The number of fused-ring (bicyclic) bond motifs is 1. The minimum atomic E-state index is 0.337. The van der Waals surface area contributed by atoms with E-state index < -0.39 is 0 Å². The van der Waals surface area contributed by atoms with Crippen molar-refractivity contribution in [3.05, 3.63) is 24.3 Å². The third-order valence-corrected chi connectivity index (χ3v) is 3.59. The molecule has 3 rings (SSSR count). The highest BCUT2D eigenvalue weighted by Crippen LogP contribution is 2.29. The van der Waals surface area contributed by atoms with E-state index in [-0.39, 0.29) is 0 Å². The molecule has 1 unspecified atom stereocenters. The molecule has 0 bridgehead atoms. The SMILES string of the molecule is COCC1CCN(c2nc(N)nc3ccccc23)C1. The van der Waals surface area contributed by atoms with Gasteiger partial charge in [0.2, 0.25) is 5.95 Å². The van der Waals surface area contributed by atoms with E-state index >= 15 is 0 Å². The number of rotatable bonds is 3. The highest BCUT2D eigenvalue weighted by atomic mass is 16.5. The zero-order valence-corrected chi connectivity index (χ0v) is 11.0. The summed E-state index contributed by atoms with van der Waals surface area (Å²) in [4.78, 5) is 11.0. The molecule has 0 radical (unpaired) electrons. The van der Waals surface area contributed by atoms with Crippen molar-refractivity contribution in [2.45, 2.75) is 6.42 Å². The number of anilines is 2. The van der Waals surface area contributed by atoms with Crippen LogP contribution < -0.4 is 10.6 Å². The Morgan fingerprint density at radius 3 is 3.05 bits per heavy atom. The van der Waals surface area contributed by atoms with Crippen LogP contribution in [-0.4, -0.2) is 36.8 Å². The zero-order chi connectivity index (χ0) is 13.2. The lowest BCUT2D eigenvalue weighted by molar-refractivity contribution is 0.161. The fourth-order valence-electron chi connectivity index (χ4n) is 2.72. The second-order valence-electron chi connectivity index (χ2n) is 4.98. The third kappa shape index (κ3) is 2.33. The lowest BCUT2D eigenvalue weighted by Gasteiger charge is -2.19. The Hall–Kier alpha value is -1.88. The van der Waals surface area contributed by atoms with Crippen LogP contribution in [0, 0.1) is 5.92 Å². The fraction of sp³-hybridized carbons (Fsp3) is 0.429. The number of aromatic nitrogens is 2. The van der Waals surface area contributed by atoms with E-state index in [4.69, 9.17) is 10.5 Å². The molecule has 5 nitrogen and oxygen atoms in total. The number of ether oxygens (including phenoxy) is 1. The van der Waals surface area contributed by atoms with Gasteiger partial charge in [0, 0.05) is 31.5 Å². The molecule has 0 saturated carbocycles. The summed E-state index contributed by atoms with van der Waals surface area (Å²) in [7, 11) is 1.75. The van der Waals surface area contributed by atoms with E-state index in [1.165, 1.54) is 0 Å². The average molecular weight is 258 g/mol. The van der Waals surface area contributed by atoms with Gasteiger partial charge in [-0.2, -0.15) is 4.98 Å². The van der Waals surface area contributed by atoms with E-state index in [9.17, 15) is 0 Å². The molecule has 1 atom stereocenters. The van der Waals surface area contributed by atoms with Crippen LogP contribution >= 0.6 is 0 Å². The first-order chi connectivity index (χ1) is 9.28. The van der Waals surface area contributed by atoms with Crippen molar-refractivity contribution in [2.75, 3.05) is 37.4 Å². The normalized spacial score (nSPS) is 19.2. The summed E-state index contributed by atoms with van der Waals surface area (Å²) in [5.41, 5.74) is 6.72. The van der Waals surface area contributed by atoms with Crippen molar-refractivity contribution in [3.63, 3.8) is 0 Å². The van der Waals surface area contributed by atoms with Crippen LogP contribution in [0.2, 0.25) is 0 Å². The highest BCUT2D eigenvalue weighted by Gasteiger charge is 2.25. The van der Waals surface area contributed by atoms with Crippen LogP contribution in [0.3, 0.4) is 0 Å². The van der Waals surface area contributed by atoms with Crippen molar-refractivity contribution in [2.24, 2.45) is 5.92 Å². The van der Waals surface area contributed by atoms with Crippen molar-refractivity contribution < 1.29 is 4.74 Å². The molecule has 2 N–H and O–H groups in total. The third-order valence-electron chi connectivity index (χ3n) is 3.59. The minimum Gasteiger partial charge on any atom is -0.384 e.